The number of carbonyl (C=O) groups excluding carboxylic acids is 1. The van der Waals surface area contributed by atoms with Gasteiger partial charge in [0.15, 0.2) is 23.0 Å². The van der Waals surface area contributed by atoms with E-state index in [0.717, 1.165) is 22.3 Å². The SMILES string of the molecule is CCOc1cc(COc2c(Cl)cc(/C=C(/C#N)C(=O)Nc3cccc(C)c3C)cc2OCC)ccc1OCc1ccccc1. The van der Waals surface area contributed by atoms with Gasteiger partial charge in [-0.15, -0.1) is 0 Å². The molecule has 0 heterocycles. The summed E-state index contributed by atoms with van der Waals surface area (Å²) in [4.78, 5) is 12.9. The van der Waals surface area contributed by atoms with Crippen LogP contribution >= 0.6 is 11.6 Å². The topological polar surface area (TPSA) is 89.8 Å². The average molecular weight is 611 g/mol. The molecule has 0 saturated heterocycles. The summed E-state index contributed by atoms with van der Waals surface area (Å²) in [5.74, 6) is 1.48. The zero-order chi connectivity index (χ0) is 31.5. The van der Waals surface area contributed by atoms with E-state index < -0.39 is 5.91 Å². The van der Waals surface area contributed by atoms with Crippen LogP contribution in [0.25, 0.3) is 6.08 Å². The number of hydrogen-bond acceptors (Lipinski definition) is 6. The van der Waals surface area contributed by atoms with Crippen molar-refractivity contribution < 1.29 is 23.7 Å². The van der Waals surface area contributed by atoms with E-state index in [-0.39, 0.29) is 17.2 Å². The van der Waals surface area contributed by atoms with Crippen LogP contribution in [0.5, 0.6) is 23.0 Å². The maximum atomic E-state index is 12.9. The highest BCUT2D eigenvalue weighted by molar-refractivity contribution is 6.32. The first kappa shape index (κ1) is 32.0. The Kier molecular flexibility index (Phi) is 11.3. The molecule has 4 rings (SSSR count). The normalized spacial score (nSPS) is 11.0. The van der Waals surface area contributed by atoms with Crippen molar-refractivity contribution >= 4 is 29.3 Å². The monoisotopic (exact) mass is 610 g/mol. The van der Waals surface area contributed by atoms with Crippen LogP contribution in [-0.4, -0.2) is 19.1 Å². The Hall–Kier alpha value is -4.93. The predicted octanol–water partition coefficient (Wildman–Crippen LogP) is 8.46. The lowest BCUT2D eigenvalue weighted by atomic mass is 10.1. The molecule has 44 heavy (non-hydrogen) atoms. The Morgan fingerprint density at radius 3 is 2.27 bits per heavy atom. The minimum atomic E-state index is -0.517. The van der Waals surface area contributed by atoms with E-state index in [1.54, 1.807) is 18.2 Å². The summed E-state index contributed by atoms with van der Waals surface area (Å²) in [6.45, 7) is 9.09. The number of nitrogens with one attached hydrogen (secondary N) is 1. The van der Waals surface area contributed by atoms with Crippen molar-refractivity contribution in [3.8, 4) is 29.1 Å². The molecule has 0 aliphatic carbocycles. The molecule has 8 heteroatoms. The van der Waals surface area contributed by atoms with E-state index in [9.17, 15) is 10.1 Å². The lowest BCUT2D eigenvalue weighted by Crippen LogP contribution is -2.14. The van der Waals surface area contributed by atoms with Crippen molar-refractivity contribution in [2.45, 2.75) is 40.9 Å². The van der Waals surface area contributed by atoms with Crippen LogP contribution in [0.3, 0.4) is 0 Å². The number of ether oxygens (including phenoxy) is 4. The molecular formula is C36H35ClN2O5. The molecule has 0 saturated carbocycles. The Bertz CT molecular complexity index is 1680. The number of nitrogens with zero attached hydrogens (tertiary/aromatic N) is 1. The first-order valence-electron chi connectivity index (χ1n) is 14.3. The quantitative estimate of drug-likeness (QED) is 0.121. The molecule has 1 amide bonds. The van der Waals surface area contributed by atoms with Gasteiger partial charge in [0.2, 0.25) is 0 Å². The summed E-state index contributed by atoms with van der Waals surface area (Å²) in [5.41, 5.74) is 4.98. The van der Waals surface area contributed by atoms with Gasteiger partial charge in [0.1, 0.15) is 24.9 Å². The van der Waals surface area contributed by atoms with E-state index in [1.807, 2.05) is 94.4 Å². The Labute approximate surface area is 263 Å². The van der Waals surface area contributed by atoms with Crippen LogP contribution in [0.4, 0.5) is 5.69 Å². The summed E-state index contributed by atoms with van der Waals surface area (Å²) in [6.07, 6.45) is 1.47. The van der Waals surface area contributed by atoms with Crippen LogP contribution in [0.2, 0.25) is 5.02 Å². The van der Waals surface area contributed by atoms with Gasteiger partial charge in [0, 0.05) is 5.69 Å². The second-order valence-corrected chi connectivity index (χ2v) is 10.3. The predicted molar refractivity (Wildman–Crippen MR) is 173 cm³/mol. The minimum absolute atomic E-state index is 0.0730. The summed E-state index contributed by atoms with van der Waals surface area (Å²) >= 11 is 6.65. The number of amides is 1. The zero-order valence-electron chi connectivity index (χ0n) is 25.3. The van der Waals surface area contributed by atoms with Crippen molar-refractivity contribution in [1.29, 1.82) is 5.26 Å². The van der Waals surface area contributed by atoms with Crippen LogP contribution in [0.1, 0.15) is 41.7 Å². The number of nitriles is 1. The Morgan fingerprint density at radius 1 is 0.818 bits per heavy atom. The van der Waals surface area contributed by atoms with Crippen molar-refractivity contribution in [1.82, 2.24) is 0 Å². The first-order valence-corrected chi connectivity index (χ1v) is 14.7. The van der Waals surface area contributed by atoms with Crippen LogP contribution in [0, 0.1) is 25.2 Å². The number of anilines is 1. The van der Waals surface area contributed by atoms with Gasteiger partial charge in [-0.2, -0.15) is 5.26 Å². The van der Waals surface area contributed by atoms with Gasteiger partial charge in [-0.05, 0) is 91.9 Å². The third-order valence-electron chi connectivity index (χ3n) is 6.79. The highest BCUT2D eigenvalue weighted by Crippen LogP contribution is 2.38. The number of carbonyl (C=O) groups is 1. The third kappa shape index (κ3) is 8.33. The van der Waals surface area contributed by atoms with Gasteiger partial charge in [0.25, 0.3) is 5.91 Å². The Morgan fingerprint density at radius 2 is 1.55 bits per heavy atom. The van der Waals surface area contributed by atoms with Crippen molar-refractivity contribution in [2.75, 3.05) is 18.5 Å². The number of rotatable bonds is 13. The average Bonchev–Trinajstić information content (AvgIpc) is 3.02. The lowest BCUT2D eigenvalue weighted by Gasteiger charge is -2.16. The second-order valence-electron chi connectivity index (χ2n) is 9.91. The zero-order valence-corrected chi connectivity index (χ0v) is 26.0. The summed E-state index contributed by atoms with van der Waals surface area (Å²) < 4.78 is 23.8. The van der Waals surface area contributed by atoms with E-state index in [2.05, 4.69) is 5.32 Å². The third-order valence-corrected chi connectivity index (χ3v) is 7.07. The molecule has 1 N–H and O–H groups in total. The van der Waals surface area contributed by atoms with Crippen molar-refractivity contribution in [2.24, 2.45) is 0 Å². The molecule has 0 atom stereocenters. The molecule has 0 radical (unpaired) electrons. The van der Waals surface area contributed by atoms with Crippen LogP contribution in [0.15, 0.2) is 84.4 Å². The number of aryl methyl sites for hydroxylation is 1. The van der Waals surface area contributed by atoms with Gasteiger partial charge in [0.05, 0.1) is 18.2 Å². The fourth-order valence-corrected chi connectivity index (χ4v) is 4.66. The van der Waals surface area contributed by atoms with Gasteiger partial charge in [-0.3, -0.25) is 4.79 Å². The molecule has 0 unspecified atom stereocenters. The van der Waals surface area contributed by atoms with Crippen molar-refractivity contribution in [3.63, 3.8) is 0 Å². The van der Waals surface area contributed by atoms with E-state index in [4.69, 9.17) is 30.5 Å². The molecule has 0 spiro atoms. The van der Waals surface area contributed by atoms with Crippen molar-refractivity contribution in [3.05, 3.63) is 117 Å². The molecule has 4 aromatic rings. The number of benzene rings is 4. The van der Waals surface area contributed by atoms with E-state index >= 15 is 0 Å². The fraction of sp³-hybridized carbons (Fsp3) is 0.222. The highest BCUT2D eigenvalue weighted by Gasteiger charge is 2.16. The second kappa shape index (κ2) is 15.5. The maximum Gasteiger partial charge on any atom is 0.266 e. The molecule has 226 valence electrons. The molecule has 0 aliphatic heterocycles. The standard InChI is InChI=1S/C36H35ClN2O5/c1-5-41-33-19-27(15-16-32(33)43-22-26-12-8-7-9-13-26)23-44-35-30(37)18-28(20-34(35)42-6-2)17-29(21-38)36(40)39-31-14-10-11-24(3)25(31)4/h7-20H,5-6,22-23H2,1-4H3,(H,39,40)/b29-17-. The van der Waals surface area contributed by atoms with Crippen LogP contribution < -0.4 is 24.3 Å². The molecule has 0 fully saturated rings. The largest absolute Gasteiger partial charge is 0.490 e. The van der Waals surface area contributed by atoms with E-state index in [0.29, 0.717) is 54.1 Å². The van der Waals surface area contributed by atoms with E-state index in [1.165, 1.54) is 6.08 Å². The van der Waals surface area contributed by atoms with Gasteiger partial charge in [-0.1, -0.05) is 60.1 Å². The first-order chi connectivity index (χ1) is 21.3. The highest BCUT2D eigenvalue weighted by atomic mass is 35.5. The fourth-order valence-electron chi connectivity index (χ4n) is 4.39. The van der Waals surface area contributed by atoms with Gasteiger partial charge in [-0.25, -0.2) is 0 Å². The number of hydrogen-bond donors (Lipinski definition) is 1. The lowest BCUT2D eigenvalue weighted by molar-refractivity contribution is -0.112. The molecule has 0 aliphatic rings. The molecule has 7 nitrogen and oxygen atoms in total. The van der Waals surface area contributed by atoms with Crippen LogP contribution in [-0.2, 0) is 18.0 Å². The number of halogens is 1. The van der Waals surface area contributed by atoms with Gasteiger partial charge < -0.3 is 24.3 Å². The summed E-state index contributed by atoms with van der Waals surface area (Å²) in [5, 5.41) is 12.9. The summed E-state index contributed by atoms with van der Waals surface area (Å²) in [6, 6.07) is 26.5. The molecule has 0 aromatic heterocycles. The minimum Gasteiger partial charge on any atom is -0.490 e. The summed E-state index contributed by atoms with van der Waals surface area (Å²) in [7, 11) is 0. The maximum absolute atomic E-state index is 12.9. The van der Waals surface area contributed by atoms with Gasteiger partial charge >= 0.3 is 0 Å². The Balaban J connectivity index is 1.51. The molecule has 0 bridgehead atoms. The molecular weight excluding hydrogens is 576 g/mol. The smallest absolute Gasteiger partial charge is 0.266 e. The molecule has 4 aromatic carbocycles.